The molecule has 0 bridgehead atoms. The van der Waals surface area contributed by atoms with Crippen molar-refractivity contribution < 1.29 is 9.50 Å². The van der Waals surface area contributed by atoms with Gasteiger partial charge in [0, 0.05) is 17.5 Å². The lowest BCUT2D eigenvalue weighted by atomic mass is 10.2. The molecule has 0 unspecified atom stereocenters. The first kappa shape index (κ1) is 7.79. The lowest BCUT2D eigenvalue weighted by Gasteiger charge is -1.98. The molecule has 1 aromatic carbocycles. The second-order valence-electron chi connectivity index (χ2n) is 2.71. The highest BCUT2D eigenvalue weighted by Gasteiger charge is 2.02. The van der Waals surface area contributed by atoms with Crippen LogP contribution in [0.25, 0.3) is 10.9 Å². The lowest BCUT2D eigenvalue weighted by molar-refractivity contribution is 0.433. The van der Waals surface area contributed by atoms with Gasteiger partial charge in [-0.15, -0.1) is 0 Å². The van der Waals surface area contributed by atoms with Crippen molar-refractivity contribution >= 4 is 10.9 Å². The van der Waals surface area contributed by atoms with E-state index in [4.69, 9.17) is 5.11 Å². The van der Waals surface area contributed by atoms with E-state index in [1.54, 1.807) is 0 Å². The number of aromatic nitrogens is 1. The Kier molecular flexibility index (Phi) is 1.55. The number of aromatic hydroxyl groups is 1. The third-order valence-corrected chi connectivity index (χ3v) is 1.79. The largest absolute Gasteiger partial charge is 0.505 e. The quantitative estimate of drug-likeness (QED) is 0.641. The fourth-order valence-electron chi connectivity index (χ4n) is 1.16. The Morgan fingerprint density at radius 1 is 1.31 bits per heavy atom. The van der Waals surface area contributed by atoms with Crippen LogP contribution in [0.3, 0.4) is 0 Å². The Balaban J connectivity index is 2.89. The van der Waals surface area contributed by atoms with Gasteiger partial charge >= 0.3 is 0 Å². The average Bonchev–Trinajstić information content (AvgIpc) is 2.08. The molecular formula is C9H6FNO2. The molecular weight excluding hydrogens is 173 g/mol. The predicted molar refractivity (Wildman–Crippen MR) is 46.2 cm³/mol. The average molecular weight is 179 g/mol. The molecule has 0 saturated carbocycles. The normalized spacial score (nSPS) is 10.5. The van der Waals surface area contributed by atoms with Crippen molar-refractivity contribution in [2.24, 2.45) is 0 Å². The molecule has 0 radical (unpaired) electrons. The molecule has 4 heteroatoms. The maximum absolute atomic E-state index is 12.8. The van der Waals surface area contributed by atoms with Crippen LogP contribution in [0, 0.1) is 5.82 Å². The monoisotopic (exact) mass is 179 g/mol. The minimum atomic E-state index is -0.695. The van der Waals surface area contributed by atoms with Crippen LogP contribution in [0.2, 0.25) is 0 Å². The second kappa shape index (κ2) is 2.58. The molecule has 2 aromatic rings. The van der Waals surface area contributed by atoms with Crippen LogP contribution < -0.4 is 5.56 Å². The van der Waals surface area contributed by atoms with Crippen molar-refractivity contribution in [3.05, 3.63) is 40.4 Å². The molecule has 13 heavy (non-hydrogen) atoms. The van der Waals surface area contributed by atoms with Crippen LogP contribution >= 0.6 is 0 Å². The van der Waals surface area contributed by atoms with Gasteiger partial charge in [-0.3, -0.25) is 4.79 Å². The molecule has 0 atom stereocenters. The number of halogens is 1. The van der Waals surface area contributed by atoms with E-state index in [0.29, 0.717) is 10.9 Å². The van der Waals surface area contributed by atoms with E-state index in [-0.39, 0.29) is 5.56 Å². The number of hydrogen-bond acceptors (Lipinski definition) is 2. The van der Waals surface area contributed by atoms with Gasteiger partial charge in [0.05, 0.1) is 5.52 Å². The molecule has 1 heterocycles. The number of benzene rings is 1. The molecule has 0 aliphatic rings. The number of phenols is 1. The number of rotatable bonds is 0. The summed E-state index contributed by atoms with van der Waals surface area (Å²) in [6.07, 6.45) is 0. The highest BCUT2D eigenvalue weighted by atomic mass is 19.1. The lowest BCUT2D eigenvalue weighted by Crippen LogP contribution is -2.02. The topological polar surface area (TPSA) is 53.1 Å². The highest BCUT2D eigenvalue weighted by Crippen LogP contribution is 2.20. The first-order valence-corrected chi connectivity index (χ1v) is 3.68. The van der Waals surface area contributed by atoms with Crippen LogP contribution in [0.4, 0.5) is 4.39 Å². The zero-order valence-electron chi connectivity index (χ0n) is 6.54. The van der Waals surface area contributed by atoms with Crippen molar-refractivity contribution in [3.8, 4) is 5.75 Å². The molecule has 1 aromatic heterocycles. The van der Waals surface area contributed by atoms with Crippen LogP contribution in [0.5, 0.6) is 5.75 Å². The third-order valence-electron chi connectivity index (χ3n) is 1.79. The molecule has 0 fully saturated rings. The first-order chi connectivity index (χ1) is 6.16. The molecule has 0 amide bonds. The summed E-state index contributed by atoms with van der Waals surface area (Å²) in [5.41, 5.74) is 0.143. The first-order valence-electron chi connectivity index (χ1n) is 3.68. The zero-order chi connectivity index (χ0) is 9.42. The van der Waals surface area contributed by atoms with Gasteiger partial charge in [-0.2, -0.15) is 0 Å². The van der Waals surface area contributed by atoms with E-state index in [9.17, 15) is 9.18 Å². The number of hydrogen-bond donors (Lipinski definition) is 2. The molecule has 3 nitrogen and oxygen atoms in total. The summed E-state index contributed by atoms with van der Waals surface area (Å²) in [5.74, 6) is -1.16. The van der Waals surface area contributed by atoms with Crippen molar-refractivity contribution in [1.82, 2.24) is 4.98 Å². The van der Waals surface area contributed by atoms with E-state index in [0.717, 1.165) is 0 Å². The summed E-state index contributed by atoms with van der Waals surface area (Å²) in [7, 11) is 0. The molecule has 2 rings (SSSR count). The molecule has 0 saturated heterocycles. The molecule has 66 valence electrons. The predicted octanol–water partition coefficient (Wildman–Crippen LogP) is 1.37. The summed E-state index contributed by atoms with van der Waals surface area (Å²) >= 11 is 0. The summed E-state index contributed by atoms with van der Waals surface area (Å²) < 4.78 is 12.8. The van der Waals surface area contributed by atoms with Crippen molar-refractivity contribution in [3.63, 3.8) is 0 Å². The Labute approximate surface area is 72.5 Å². The Bertz CT molecular complexity index is 518. The van der Waals surface area contributed by atoms with Gasteiger partial charge in [-0.05, 0) is 12.1 Å². The fourth-order valence-corrected chi connectivity index (χ4v) is 1.16. The number of nitrogens with one attached hydrogen (secondary N) is 1. The third kappa shape index (κ3) is 1.26. The smallest absolute Gasteiger partial charge is 0.248 e. The number of fused-ring (bicyclic) bond motifs is 1. The van der Waals surface area contributed by atoms with Gasteiger partial charge in [0.25, 0.3) is 0 Å². The minimum absolute atomic E-state index is 0.279. The van der Waals surface area contributed by atoms with Gasteiger partial charge in [0.2, 0.25) is 5.56 Å². The number of phenolic OH excluding ortho intramolecular Hbond substituents is 1. The summed E-state index contributed by atoms with van der Waals surface area (Å²) in [4.78, 5) is 13.3. The van der Waals surface area contributed by atoms with E-state index < -0.39 is 11.6 Å². The number of H-pyrrole nitrogens is 1. The van der Waals surface area contributed by atoms with Gasteiger partial charge < -0.3 is 10.1 Å². The number of pyridine rings is 1. The second-order valence-corrected chi connectivity index (χ2v) is 2.71. The van der Waals surface area contributed by atoms with Gasteiger partial charge in [0.15, 0.2) is 11.6 Å². The standard InChI is InChI=1S/C9H6FNO2/c10-6-3-5-1-2-9(13)11-7(5)4-8(6)12/h1-4,12H,(H,11,13). The molecule has 0 spiro atoms. The molecule has 2 N–H and O–H groups in total. The fraction of sp³-hybridized carbons (Fsp3) is 0. The SMILES string of the molecule is O=c1ccc2cc(F)c(O)cc2[nH]1. The minimum Gasteiger partial charge on any atom is -0.505 e. The summed E-state index contributed by atoms with van der Waals surface area (Å²) in [6.45, 7) is 0. The van der Waals surface area contributed by atoms with Gasteiger partial charge in [0.1, 0.15) is 0 Å². The van der Waals surface area contributed by atoms with Crippen LogP contribution in [0.15, 0.2) is 29.1 Å². The molecule has 0 aliphatic heterocycles. The Morgan fingerprint density at radius 3 is 2.85 bits per heavy atom. The van der Waals surface area contributed by atoms with E-state index >= 15 is 0 Å². The summed E-state index contributed by atoms with van der Waals surface area (Å²) in [6, 6.07) is 5.15. The van der Waals surface area contributed by atoms with Crippen molar-refractivity contribution in [2.45, 2.75) is 0 Å². The van der Waals surface area contributed by atoms with Crippen molar-refractivity contribution in [1.29, 1.82) is 0 Å². The van der Waals surface area contributed by atoms with Gasteiger partial charge in [-0.25, -0.2) is 4.39 Å². The van der Waals surface area contributed by atoms with Gasteiger partial charge in [-0.1, -0.05) is 0 Å². The maximum Gasteiger partial charge on any atom is 0.248 e. The molecule has 0 aliphatic carbocycles. The van der Waals surface area contributed by atoms with E-state index in [1.165, 1.54) is 24.3 Å². The highest BCUT2D eigenvalue weighted by molar-refractivity contribution is 5.79. The van der Waals surface area contributed by atoms with Crippen molar-refractivity contribution in [2.75, 3.05) is 0 Å². The van der Waals surface area contributed by atoms with Crippen LogP contribution in [-0.2, 0) is 0 Å². The van der Waals surface area contributed by atoms with Crippen LogP contribution in [-0.4, -0.2) is 10.1 Å². The van der Waals surface area contributed by atoms with E-state index in [1.807, 2.05) is 0 Å². The maximum atomic E-state index is 12.8. The number of aromatic amines is 1. The Hall–Kier alpha value is -1.84. The van der Waals surface area contributed by atoms with Crippen LogP contribution in [0.1, 0.15) is 0 Å². The summed E-state index contributed by atoms with van der Waals surface area (Å²) in [5, 5.41) is 9.56. The Morgan fingerprint density at radius 2 is 2.08 bits per heavy atom. The van der Waals surface area contributed by atoms with E-state index in [2.05, 4.69) is 4.98 Å². The zero-order valence-corrected chi connectivity index (χ0v) is 6.54.